The van der Waals surface area contributed by atoms with E-state index < -0.39 is 0 Å². The SMILES string of the molecule is O=C(CNc1ccccc1Cl)NCC1Cc2ccccc2O1. The minimum atomic E-state index is -0.0838. The Kier molecular flexibility index (Phi) is 4.49. The van der Waals surface area contributed by atoms with E-state index in [0.29, 0.717) is 11.6 Å². The predicted octanol–water partition coefficient (Wildman–Crippen LogP) is 2.87. The molecule has 0 saturated heterocycles. The van der Waals surface area contributed by atoms with Crippen LogP contribution < -0.4 is 15.4 Å². The number of rotatable bonds is 5. The van der Waals surface area contributed by atoms with Crippen LogP contribution in [0.25, 0.3) is 0 Å². The Bertz CT molecular complexity index is 650. The van der Waals surface area contributed by atoms with Gasteiger partial charge in [-0.2, -0.15) is 0 Å². The number of halogens is 1. The van der Waals surface area contributed by atoms with Crippen LogP contribution in [0.15, 0.2) is 48.5 Å². The molecule has 1 atom stereocenters. The Labute approximate surface area is 134 Å². The summed E-state index contributed by atoms with van der Waals surface area (Å²) in [5.74, 6) is 0.829. The van der Waals surface area contributed by atoms with Gasteiger partial charge in [0.05, 0.1) is 23.8 Å². The third-order valence-electron chi connectivity index (χ3n) is 3.55. The van der Waals surface area contributed by atoms with Crippen LogP contribution in [0.4, 0.5) is 5.69 Å². The molecule has 114 valence electrons. The zero-order valence-corrected chi connectivity index (χ0v) is 12.8. The topological polar surface area (TPSA) is 50.4 Å². The summed E-state index contributed by atoms with van der Waals surface area (Å²) in [6.45, 7) is 0.682. The lowest BCUT2D eigenvalue weighted by Crippen LogP contribution is -2.37. The van der Waals surface area contributed by atoms with Gasteiger partial charge in [-0.05, 0) is 23.8 Å². The molecule has 2 aromatic carbocycles. The highest BCUT2D eigenvalue weighted by molar-refractivity contribution is 6.33. The summed E-state index contributed by atoms with van der Waals surface area (Å²) >= 11 is 6.03. The minimum absolute atomic E-state index is 0.00154. The lowest BCUT2D eigenvalue weighted by molar-refractivity contribution is -0.119. The van der Waals surface area contributed by atoms with E-state index in [1.807, 2.05) is 36.4 Å². The summed E-state index contributed by atoms with van der Waals surface area (Å²) in [6.07, 6.45) is 0.829. The first-order chi connectivity index (χ1) is 10.7. The molecular weight excluding hydrogens is 300 g/mol. The van der Waals surface area contributed by atoms with Crippen molar-refractivity contribution in [3.63, 3.8) is 0 Å². The number of fused-ring (bicyclic) bond motifs is 1. The van der Waals surface area contributed by atoms with Gasteiger partial charge in [0.2, 0.25) is 5.91 Å². The van der Waals surface area contributed by atoms with Crippen LogP contribution in [0, 0.1) is 0 Å². The molecule has 0 saturated carbocycles. The molecule has 2 N–H and O–H groups in total. The van der Waals surface area contributed by atoms with E-state index in [1.54, 1.807) is 6.07 Å². The first kappa shape index (κ1) is 14.7. The average Bonchev–Trinajstić information content (AvgIpc) is 2.95. The normalized spacial score (nSPS) is 15.8. The summed E-state index contributed by atoms with van der Waals surface area (Å²) in [6, 6.07) is 15.3. The van der Waals surface area contributed by atoms with Gasteiger partial charge < -0.3 is 15.4 Å². The van der Waals surface area contributed by atoms with Gasteiger partial charge >= 0.3 is 0 Å². The molecule has 0 bridgehead atoms. The van der Waals surface area contributed by atoms with Crippen molar-refractivity contribution in [2.45, 2.75) is 12.5 Å². The first-order valence-corrected chi connectivity index (χ1v) is 7.60. The molecule has 0 aromatic heterocycles. The molecule has 2 aromatic rings. The second kappa shape index (κ2) is 6.71. The van der Waals surface area contributed by atoms with Gasteiger partial charge in [0.15, 0.2) is 0 Å². The largest absolute Gasteiger partial charge is 0.488 e. The molecule has 1 heterocycles. The van der Waals surface area contributed by atoms with E-state index in [-0.39, 0.29) is 18.6 Å². The maximum absolute atomic E-state index is 11.9. The molecule has 0 radical (unpaired) electrons. The van der Waals surface area contributed by atoms with Gasteiger partial charge in [0.1, 0.15) is 11.9 Å². The Hall–Kier alpha value is -2.20. The number of ether oxygens (including phenoxy) is 1. The number of hydrogen-bond acceptors (Lipinski definition) is 3. The Balaban J connectivity index is 1.43. The Morgan fingerprint density at radius 2 is 1.95 bits per heavy atom. The number of nitrogens with one attached hydrogen (secondary N) is 2. The molecule has 3 rings (SSSR count). The highest BCUT2D eigenvalue weighted by atomic mass is 35.5. The molecule has 5 heteroatoms. The fourth-order valence-corrected chi connectivity index (χ4v) is 2.64. The lowest BCUT2D eigenvalue weighted by Gasteiger charge is -2.13. The van der Waals surface area contributed by atoms with Crippen molar-refractivity contribution in [2.24, 2.45) is 0 Å². The quantitative estimate of drug-likeness (QED) is 0.892. The summed E-state index contributed by atoms with van der Waals surface area (Å²) in [7, 11) is 0. The van der Waals surface area contributed by atoms with Crippen LogP contribution >= 0.6 is 11.6 Å². The number of amides is 1. The highest BCUT2D eigenvalue weighted by Gasteiger charge is 2.22. The van der Waals surface area contributed by atoms with E-state index in [1.165, 1.54) is 5.56 Å². The molecule has 0 spiro atoms. The fourth-order valence-electron chi connectivity index (χ4n) is 2.44. The monoisotopic (exact) mass is 316 g/mol. The fraction of sp³-hybridized carbons (Fsp3) is 0.235. The van der Waals surface area contributed by atoms with Gasteiger partial charge in [-0.3, -0.25) is 4.79 Å². The van der Waals surface area contributed by atoms with Crippen molar-refractivity contribution in [2.75, 3.05) is 18.4 Å². The maximum Gasteiger partial charge on any atom is 0.239 e. The van der Waals surface area contributed by atoms with Gasteiger partial charge in [-0.25, -0.2) is 0 Å². The van der Waals surface area contributed by atoms with Crippen LogP contribution in [0.3, 0.4) is 0 Å². The minimum Gasteiger partial charge on any atom is -0.488 e. The lowest BCUT2D eigenvalue weighted by atomic mass is 10.1. The smallest absolute Gasteiger partial charge is 0.239 e. The van der Waals surface area contributed by atoms with E-state index in [9.17, 15) is 4.79 Å². The van der Waals surface area contributed by atoms with Crippen molar-refractivity contribution in [1.29, 1.82) is 0 Å². The van der Waals surface area contributed by atoms with E-state index in [0.717, 1.165) is 17.9 Å². The average molecular weight is 317 g/mol. The molecule has 1 aliphatic rings. The standard InChI is InChI=1S/C17H17ClN2O2/c18-14-6-2-3-7-15(14)19-11-17(21)20-10-13-9-12-5-1-4-8-16(12)22-13/h1-8,13,19H,9-11H2,(H,20,21). The van der Waals surface area contributed by atoms with Gasteiger partial charge in [0, 0.05) is 6.42 Å². The van der Waals surface area contributed by atoms with Crippen molar-refractivity contribution in [1.82, 2.24) is 5.32 Å². The molecule has 0 aliphatic carbocycles. The molecule has 1 unspecified atom stereocenters. The van der Waals surface area contributed by atoms with E-state index in [4.69, 9.17) is 16.3 Å². The summed E-state index contributed by atoms with van der Waals surface area (Å²) < 4.78 is 5.78. The van der Waals surface area contributed by atoms with Crippen LogP contribution in [-0.2, 0) is 11.2 Å². The third kappa shape index (κ3) is 3.52. The molecule has 4 nitrogen and oxygen atoms in total. The van der Waals surface area contributed by atoms with Crippen LogP contribution in [-0.4, -0.2) is 25.1 Å². The van der Waals surface area contributed by atoms with Crippen molar-refractivity contribution >= 4 is 23.2 Å². The second-order valence-corrected chi connectivity index (χ2v) is 5.60. The van der Waals surface area contributed by atoms with Gasteiger partial charge in [-0.1, -0.05) is 41.9 Å². The summed E-state index contributed by atoms with van der Waals surface area (Å²) in [4.78, 5) is 11.9. The first-order valence-electron chi connectivity index (χ1n) is 7.22. The van der Waals surface area contributed by atoms with E-state index >= 15 is 0 Å². The maximum atomic E-state index is 11.9. The van der Waals surface area contributed by atoms with Gasteiger partial charge in [-0.15, -0.1) is 0 Å². The van der Waals surface area contributed by atoms with Crippen molar-refractivity contribution in [3.05, 3.63) is 59.1 Å². The molecule has 1 amide bonds. The van der Waals surface area contributed by atoms with Crippen LogP contribution in [0.5, 0.6) is 5.75 Å². The molecule has 0 fully saturated rings. The number of carbonyl (C=O) groups excluding carboxylic acids is 1. The zero-order chi connectivity index (χ0) is 15.4. The molecular formula is C17H17ClN2O2. The van der Waals surface area contributed by atoms with Crippen LogP contribution in [0.2, 0.25) is 5.02 Å². The van der Waals surface area contributed by atoms with Crippen molar-refractivity contribution in [3.8, 4) is 5.75 Å². The Morgan fingerprint density at radius 3 is 2.77 bits per heavy atom. The predicted molar refractivity (Wildman–Crippen MR) is 87.5 cm³/mol. The Morgan fingerprint density at radius 1 is 1.18 bits per heavy atom. The second-order valence-electron chi connectivity index (χ2n) is 5.19. The summed E-state index contributed by atoms with van der Waals surface area (Å²) in [5, 5.41) is 6.50. The molecule has 22 heavy (non-hydrogen) atoms. The number of carbonyl (C=O) groups is 1. The highest BCUT2D eigenvalue weighted by Crippen LogP contribution is 2.27. The van der Waals surface area contributed by atoms with Gasteiger partial charge in [0.25, 0.3) is 0 Å². The number of anilines is 1. The number of benzene rings is 2. The van der Waals surface area contributed by atoms with Crippen LogP contribution in [0.1, 0.15) is 5.56 Å². The molecule has 1 aliphatic heterocycles. The van der Waals surface area contributed by atoms with Crippen molar-refractivity contribution < 1.29 is 9.53 Å². The summed E-state index contributed by atoms with van der Waals surface area (Å²) in [5.41, 5.74) is 1.94. The number of hydrogen-bond donors (Lipinski definition) is 2. The number of para-hydroxylation sites is 2. The zero-order valence-electron chi connectivity index (χ0n) is 12.0. The third-order valence-corrected chi connectivity index (χ3v) is 3.88. The van der Waals surface area contributed by atoms with E-state index in [2.05, 4.69) is 16.7 Å².